The van der Waals surface area contributed by atoms with Gasteiger partial charge in [0.25, 0.3) is 0 Å². The molecule has 0 bridgehead atoms. The second kappa shape index (κ2) is 2.91. The van der Waals surface area contributed by atoms with Crippen LogP contribution in [0.25, 0.3) is 0 Å². The van der Waals surface area contributed by atoms with Crippen molar-refractivity contribution in [2.45, 2.75) is 0 Å². The van der Waals surface area contributed by atoms with Crippen LogP contribution in [0.5, 0.6) is 0 Å². The second-order valence-electron chi connectivity index (χ2n) is 1.58. The van der Waals surface area contributed by atoms with Gasteiger partial charge < -0.3 is 0 Å². The van der Waals surface area contributed by atoms with Gasteiger partial charge in [0, 0.05) is 12.4 Å². The highest BCUT2D eigenvalue weighted by molar-refractivity contribution is 5.71. The van der Waals surface area contributed by atoms with Crippen LogP contribution in [0.3, 0.4) is 0 Å². The van der Waals surface area contributed by atoms with Gasteiger partial charge in [-0.2, -0.15) is 0 Å². The zero-order chi connectivity index (χ0) is 7.40. The van der Waals surface area contributed by atoms with Gasteiger partial charge in [0.2, 0.25) is 0 Å². The van der Waals surface area contributed by atoms with E-state index in [1.54, 1.807) is 0 Å². The Morgan fingerprint density at radius 1 is 1.50 bits per heavy atom. The minimum absolute atomic E-state index is 0.130. The monoisotopic (exact) mass is 139 g/mol. The molecule has 1 amide bonds. The Hall–Kier alpha value is -1.45. The molecule has 1 heterocycles. The third-order valence-electron chi connectivity index (χ3n) is 0.970. The Bertz CT molecular complexity index is 214. The molecule has 0 aromatic carbocycles. The number of hydrogen-bond acceptors (Lipinski definition) is 2. The number of aromatic nitrogens is 1. The molecule has 0 aliphatic rings. The molecule has 1 radical (unpaired) electrons. The van der Waals surface area contributed by atoms with Crippen LogP contribution < -0.4 is 5.12 Å². The minimum atomic E-state index is -0.137. The normalized spacial score (nSPS) is 8.90. The van der Waals surface area contributed by atoms with Gasteiger partial charge in [0.1, 0.15) is 0 Å². The third kappa shape index (κ3) is 1.28. The van der Waals surface area contributed by atoms with E-state index >= 15 is 0 Å². The van der Waals surface area contributed by atoms with Gasteiger partial charge in [0.15, 0.2) is 0 Å². The molecule has 1 aromatic rings. The van der Waals surface area contributed by atoms with Crippen LogP contribution in [-0.4, -0.2) is 11.4 Å². The number of pyridine rings is 1. The summed E-state index contributed by atoms with van der Waals surface area (Å²) in [5.74, 6) is 0. The van der Waals surface area contributed by atoms with E-state index in [0.717, 1.165) is 6.41 Å². The lowest BCUT2D eigenvalue weighted by atomic mass is 10.4. The van der Waals surface area contributed by atoms with E-state index in [0.29, 0.717) is 0 Å². The van der Waals surface area contributed by atoms with Crippen LogP contribution in [0.1, 0.15) is 0 Å². The van der Waals surface area contributed by atoms with Crippen LogP contribution in [0.2, 0.25) is 0 Å². The lowest BCUT2D eigenvalue weighted by Gasteiger charge is -2.00. The Morgan fingerprint density at radius 2 is 2.10 bits per heavy atom. The number of rotatable bonds is 2. The summed E-state index contributed by atoms with van der Waals surface area (Å²) in [6.07, 6.45) is 3.85. The van der Waals surface area contributed by atoms with Crippen molar-refractivity contribution >= 4 is 12.1 Å². The van der Waals surface area contributed by atoms with Crippen LogP contribution in [0.15, 0.2) is 24.5 Å². The lowest BCUT2D eigenvalue weighted by molar-refractivity contribution is 0.471. The van der Waals surface area contributed by atoms with E-state index in [1.807, 2.05) is 0 Å². The average Bonchev–Trinajstić information content (AvgIpc) is 2.05. The van der Waals surface area contributed by atoms with Crippen LogP contribution in [0.4, 0.5) is 10.2 Å². The summed E-state index contributed by atoms with van der Waals surface area (Å²) in [7, 11) is 0. The van der Waals surface area contributed by atoms with Crippen LogP contribution >= 0.6 is 0 Å². The van der Waals surface area contributed by atoms with E-state index in [1.165, 1.54) is 24.5 Å². The van der Waals surface area contributed by atoms with Crippen LogP contribution in [-0.2, 0) is 4.79 Å². The summed E-state index contributed by atoms with van der Waals surface area (Å²) in [6, 6.07) is 2.73. The summed E-state index contributed by atoms with van der Waals surface area (Å²) >= 11 is 0. The van der Waals surface area contributed by atoms with Gasteiger partial charge >= 0.3 is 6.41 Å². The fraction of sp³-hybridized carbons (Fsp3) is 0. The van der Waals surface area contributed by atoms with Crippen molar-refractivity contribution in [1.82, 2.24) is 4.98 Å². The first kappa shape index (κ1) is 6.67. The summed E-state index contributed by atoms with van der Waals surface area (Å²) in [5, 5.41) is -0.137. The largest absolute Gasteiger partial charge is 0.347 e. The zero-order valence-corrected chi connectivity index (χ0v) is 4.99. The van der Waals surface area contributed by atoms with Gasteiger partial charge in [-0.05, 0) is 12.1 Å². The molecule has 1 rings (SSSR count). The zero-order valence-electron chi connectivity index (χ0n) is 4.99. The molecule has 0 saturated heterocycles. The first-order valence-corrected chi connectivity index (χ1v) is 2.58. The molecule has 10 heavy (non-hydrogen) atoms. The van der Waals surface area contributed by atoms with E-state index in [2.05, 4.69) is 4.98 Å². The molecule has 3 nitrogen and oxygen atoms in total. The predicted octanol–water partition coefficient (Wildman–Crippen LogP) is 0.840. The molecule has 0 aliphatic carbocycles. The van der Waals surface area contributed by atoms with Crippen molar-refractivity contribution in [3.05, 3.63) is 24.5 Å². The quantitative estimate of drug-likeness (QED) is 0.449. The number of amides is 1. The Labute approximate surface area is 57.0 Å². The maximum absolute atomic E-state index is 12.2. The van der Waals surface area contributed by atoms with Crippen molar-refractivity contribution < 1.29 is 9.28 Å². The van der Waals surface area contributed by atoms with E-state index in [-0.39, 0.29) is 10.8 Å². The highest BCUT2D eigenvalue weighted by Gasteiger charge is 2.00. The standard InChI is InChI=1S/C6H4FN2O/c7-9(5-10)6-1-3-8-4-2-6/h1-4H. The van der Waals surface area contributed by atoms with Crippen molar-refractivity contribution in [3.8, 4) is 0 Å². The van der Waals surface area contributed by atoms with Crippen LogP contribution in [0, 0.1) is 0 Å². The molecular weight excluding hydrogens is 135 g/mol. The fourth-order valence-electron chi connectivity index (χ4n) is 0.528. The maximum Gasteiger partial charge on any atom is 0.347 e. The summed E-state index contributed by atoms with van der Waals surface area (Å²) in [4.78, 5) is 13.3. The Morgan fingerprint density at radius 3 is 2.60 bits per heavy atom. The van der Waals surface area contributed by atoms with Gasteiger partial charge in [0.05, 0.1) is 5.69 Å². The molecule has 0 saturated carbocycles. The first-order chi connectivity index (χ1) is 4.84. The summed E-state index contributed by atoms with van der Waals surface area (Å²) in [5.41, 5.74) is 0.130. The van der Waals surface area contributed by atoms with E-state index < -0.39 is 0 Å². The Kier molecular flexibility index (Phi) is 1.94. The maximum atomic E-state index is 12.2. The second-order valence-corrected chi connectivity index (χ2v) is 1.58. The number of hydrogen-bond donors (Lipinski definition) is 0. The smallest absolute Gasteiger partial charge is 0.265 e. The van der Waals surface area contributed by atoms with Gasteiger partial charge in [-0.1, -0.05) is 4.48 Å². The average molecular weight is 139 g/mol. The molecule has 4 heteroatoms. The van der Waals surface area contributed by atoms with Gasteiger partial charge in [-0.3, -0.25) is 9.78 Å². The minimum Gasteiger partial charge on any atom is -0.265 e. The Balaban J connectivity index is 2.84. The van der Waals surface area contributed by atoms with E-state index in [4.69, 9.17) is 0 Å². The fourth-order valence-corrected chi connectivity index (χ4v) is 0.528. The topological polar surface area (TPSA) is 33.2 Å². The molecule has 0 N–H and O–H groups in total. The molecule has 0 aliphatic heterocycles. The first-order valence-electron chi connectivity index (χ1n) is 2.58. The predicted molar refractivity (Wildman–Crippen MR) is 33.5 cm³/mol. The molecule has 1 aromatic heterocycles. The molecule has 0 unspecified atom stereocenters. The van der Waals surface area contributed by atoms with Gasteiger partial charge in [-0.25, -0.2) is 0 Å². The highest BCUT2D eigenvalue weighted by Crippen LogP contribution is 2.08. The molecule has 0 spiro atoms. The molecular formula is C6H4FN2O. The summed E-state index contributed by atoms with van der Waals surface area (Å²) < 4.78 is 12.2. The van der Waals surface area contributed by atoms with E-state index in [9.17, 15) is 9.28 Å². The number of carbonyl (C=O) groups excluding carboxylic acids is 1. The lowest BCUT2D eigenvalue weighted by Crippen LogP contribution is -2.06. The molecule has 51 valence electrons. The highest BCUT2D eigenvalue weighted by atomic mass is 19.2. The molecule has 0 atom stereocenters. The number of anilines is 1. The number of nitrogens with zero attached hydrogens (tertiary/aromatic N) is 2. The van der Waals surface area contributed by atoms with Crippen molar-refractivity contribution in [3.63, 3.8) is 0 Å². The van der Waals surface area contributed by atoms with Crippen molar-refractivity contribution in [2.24, 2.45) is 0 Å². The van der Waals surface area contributed by atoms with Gasteiger partial charge in [-0.15, -0.1) is 5.12 Å². The summed E-state index contributed by atoms with van der Waals surface area (Å²) in [6.45, 7) is 0. The van der Waals surface area contributed by atoms with Crippen molar-refractivity contribution in [2.75, 3.05) is 5.12 Å². The SMILES string of the molecule is O=[C]N(F)c1ccncc1. The molecule has 0 fully saturated rings. The van der Waals surface area contributed by atoms with Crippen molar-refractivity contribution in [1.29, 1.82) is 0 Å². The number of halogens is 1. The third-order valence-corrected chi connectivity index (χ3v) is 0.970.